The van der Waals surface area contributed by atoms with Gasteiger partial charge in [0.15, 0.2) is 11.5 Å². The van der Waals surface area contributed by atoms with E-state index in [0.717, 1.165) is 52.3 Å². The standard InChI is InChI=1S/C22H27N3O4S/c1-21(2)11-14-10-17(28-5)20-16(12-22(3,4)29-20)18(14)19(24-21)13-7-6-8-15(9-13)25-30(23,26)27/h6-10,25H,11-12H2,1-5H3,(H2,23,26,27). The quantitative estimate of drug-likeness (QED) is 0.779. The van der Waals surface area contributed by atoms with Crippen molar-refractivity contribution in [1.82, 2.24) is 0 Å². The second-order valence-electron chi connectivity index (χ2n) is 9.14. The van der Waals surface area contributed by atoms with Gasteiger partial charge in [0, 0.05) is 23.1 Å². The number of anilines is 1. The highest BCUT2D eigenvalue weighted by Gasteiger charge is 2.39. The van der Waals surface area contributed by atoms with Gasteiger partial charge in [0.05, 0.1) is 24.0 Å². The Balaban J connectivity index is 1.93. The third-order valence-corrected chi connectivity index (χ3v) is 5.82. The molecule has 2 heterocycles. The lowest BCUT2D eigenvalue weighted by Crippen LogP contribution is -2.30. The molecule has 0 amide bonds. The first kappa shape index (κ1) is 20.7. The summed E-state index contributed by atoms with van der Waals surface area (Å²) in [4.78, 5) is 5.06. The second-order valence-corrected chi connectivity index (χ2v) is 10.4. The van der Waals surface area contributed by atoms with Gasteiger partial charge in [-0.2, -0.15) is 8.42 Å². The molecule has 0 aliphatic carbocycles. The third kappa shape index (κ3) is 3.89. The van der Waals surface area contributed by atoms with Crippen LogP contribution in [-0.4, -0.2) is 32.4 Å². The van der Waals surface area contributed by atoms with Crippen LogP contribution in [0.3, 0.4) is 0 Å². The maximum absolute atomic E-state index is 11.5. The summed E-state index contributed by atoms with van der Waals surface area (Å²) in [7, 11) is -2.21. The molecule has 7 nitrogen and oxygen atoms in total. The summed E-state index contributed by atoms with van der Waals surface area (Å²) < 4.78 is 37.2. The molecule has 2 aliphatic heterocycles. The van der Waals surface area contributed by atoms with Gasteiger partial charge in [-0.1, -0.05) is 12.1 Å². The van der Waals surface area contributed by atoms with E-state index in [1.165, 1.54) is 0 Å². The first-order valence-corrected chi connectivity index (χ1v) is 11.4. The van der Waals surface area contributed by atoms with Crippen molar-refractivity contribution < 1.29 is 17.9 Å². The maximum Gasteiger partial charge on any atom is 0.296 e. The maximum atomic E-state index is 11.5. The van der Waals surface area contributed by atoms with E-state index in [1.807, 2.05) is 12.1 Å². The first-order chi connectivity index (χ1) is 13.9. The average Bonchev–Trinajstić information content (AvgIpc) is 2.93. The van der Waals surface area contributed by atoms with Crippen LogP contribution in [0, 0.1) is 0 Å². The summed E-state index contributed by atoms with van der Waals surface area (Å²) in [5.74, 6) is 1.49. The van der Waals surface area contributed by atoms with Gasteiger partial charge in [-0.25, -0.2) is 5.14 Å². The van der Waals surface area contributed by atoms with Crippen molar-refractivity contribution in [3.8, 4) is 11.5 Å². The number of aliphatic imine (C=N–C) groups is 1. The van der Waals surface area contributed by atoms with E-state index in [9.17, 15) is 8.42 Å². The molecule has 0 bridgehead atoms. The number of hydrogen-bond donors (Lipinski definition) is 2. The number of ether oxygens (including phenoxy) is 2. The highest BCUT2D eigenvalue weighted by atomic mass is 32.2. The topological polar surface area (TPSA) is 103 Å². The van der Waals surface area contributed by atoms with Crippen LogP contribution in [0.5, 0.6) is 11.5 Å². The van der Waals surface area contributed by atoms with Crippen molar-refractivity contribution in [3.63, 3.8) is 0 Å². The van der Waals surface area contributed by atoms with E-state index in [2.05, 4.69) is 32.4 Å². The van der Waals surface area contributed by atoms with Gasteiger partial charge in [-0.15, -0.1) is 0 Å². The molecule has 4 rings (SSSR count). The number of nitrogens with zero attached hydrogens (tertiary/aromatic N) is 1. The molecule has 0 spiro atoms. The van der Waals surface area contributed by atoms with Crippen molar-refractivity contribution in [2.24, 2.45) is 10.1 Å². The van der Waals surface area contributed by atoms with Crippen LogP contribution >= 0.6 is 0 Å². The fourth-order valence-electron chi connectivity index (χ4n) is 4.32. The van der Waals surface area contributed by atoms with E-state index in [-0.39, 0.29) is 11.1 Å². The molecular weight excluding hydrogens is 402 g/mol. The number of nitrogens with one attached hydrogen (secondary N) is 1. The summed E-state index contributed by atoms with van der Waals surface area (Å²) in [5.41, 5.74) is 4.63. The molecule has 0 fully saturated rings. The summed E-state index contributed by atoms with van der Waals surface area (Å²) >= 11 is 0. The van der Waals surface area contributed by atoms with E-state index >= 15 is 0 Å². The van der Waals surface area contributed by atoms with Gasteiger partial charge < -0.3 is 9.47 Å². The largest absolute Gasteiger partial charge is 0.493 e. The fourth-order valence-corrected chi connectivity index (χ4v) is 4.78. The van der Waals surface area contributed by atoms with Crippen molar-refractivity contribution in [3.05, 3.63) is 52.6 Å². The van der Waals surface area contributed by atoms with Crippen LogP contribution in [0.15, 0.2) is 35.3 Å². The van der Waals surface area contributed by atoms with Crippen molar-refractivity contribution in [2.45, 2.75) is 51.7 Å². The van der Waals surface area contributed by atoms with Crippen LogP contribution in [-0.2, 0) is 23.1 Å². The molecule has 160 valence electrons. The molecule has 0 aromatic heterocycles. The van der Waals surface area contributed by atoms with Gasteiger partial charge in [0.1, 0.15) is 5.60 Å². The molecule has 0 saturated heterocycles. The Morgan fingerprint density at radius 1 is 1.17 bits per heavy atom. The Kier molecular flexibility index (Phi) is 4.63. The van der Waals surface area contributed by atoms with Crippen molar-refractivity contribution >= 4 is 21.6 Å². The molecule has 2 aliphatic rings. The zero-order chi connectivity index (χ0) is 21.9. The van der Waals surface area contributed by atoms with Crippen LogP contribution in [0.1, 0.15) is 49.9 Å². The zero-order valence-electron chi connectivity index (χ0n) is 17.9. The van der Waals surface area contributed by atoms with Gasteiger partial charge in [-0.05, 0) is 57.9 Å². The monoisotopic (exact) mass is 429 g/mol. The predicted octanol–water partition coefficient (Wildman–Crippen LogP) is 3.20. The Bertz CT molecular complexity index is 1170. The predicted molar refractivity (Wildman–Crippen MR) is 118 cm³/mol. The summed E-state index contributed by atoms with van der Waals surface area (Å²) in [6, 6.07) is 9.17. The minimum atomic E-state index is -3.87. The molecule has 2 aromatic carbocycles. The van der Waals surface area contributed by atoms with Crippen LogP contribution < -0.4 is 19.3 Å². The molecule has 3 N–H and O–H groups in total. The van der Waals surface area contributed by atoms with E-state index in [1.54, 1.807) is 25.3 Å². The molecule has 0 unspecified atom stereocenters. The Labute approximate surface area is 177 Å². The second kappa shape index (κ2) is 6.72. The minimum Gasteiger partial charge on any atom is -0.493 e. The van der Waals surface area contributed by atoms with E-state index in [0.29, 0.717) is 5.69 Å². The minimum absolute atomic E-state index is 0.320. The number of rotatable bonds is 4. The Morgan fingerprint density at radius 3 is 2.57 bits per heavy atom. The van der Waals surface area contributed by atoms with Crippen molar-refractivity contribution in [1.29, 1.82) is 0 Å². The summed E-state index contributed by atoms with van der Waals surface area (Å²) in [6.07, 6.45) is 1.50. The number of methoxy groups -OCH3 is 1. The average molecular weight is 430 g/mol. The van der Waals surface area contributed by atoms with Crippen LogP contribution in [0.4, 0.5) is 5.69 Å². The Morgan fingerprint density at radius 2 is 1.90 bits per heavy atom. The number of fused-ring (bicyclic) bond motifs is 3. The first-order valence-electron chi connectivity index (χ1n) is 9.80. The van der Waals surface area contributed by atoms with Gasteiger partial charge >= 0.3 is 0 Å². The zero-order valence-corrected chi connectivity index (χ0v) is 18.7. The SMILES string of the molecule is COc1cc2c(c3c1OC(C)(C)C3)C(c1cccc(NS(N)(=O)=O)c1)=NC(C)(C)C2. The lowest BCUT2D eigenvalue weighted by Gasteiger charge is -2.31. The molecule has 2 aromatic rings. The molecule has 8 heteroatoms. The van der Waals surface area contributed by atoms with E-state index in [4.69, 9.17) is 19.6 Å². The summed E-state index contributed by atoms with van der Waals surface area (Å²) in [6.45, 7) is 8.28. The molecule has 30 heavy (non-hydrogen) atoms. The van der Waals surface area contributed by atoms with Gasteiger partial charge in [0.2, 0.25) is 0 Å². The number of benzene rings is 2. The highest BCUT2D eigenvalue weighted by Crippen LogP contribution is 2.47. The molecular formula is C22H27N3O4S. The number of hydrogen-bond acceptors (Lipinski definition) is 5. The lowest BCUT2D eigenvalue weighted by atomic mass is 9.81. The molecule has 0 saturated carbocycles. The molecule has 0 radical (unpaired) electrons. The lowest BCUT2D eigenvalue weighted by molar-refractivity contribution is 0.134. The van der Waals surface area contributed by atoms with Gasteiger partial charge in [0.25, 0.3) is 10.2 Å². The van der Waals surface area contributed by atoms with Crippen LogP contribution in [0.25, 0.3) is 0 Å². The van der Waals surface area contributed by atoms with Crippen molar-refractivity contribution in [2.75, 3.05) is 11.8 Å². The third-order valence-electron chi connectivity index (χ3n) is 5.30. The smallest absolute Gasteiger partial charge is 0.296 e. The van der Waals surface area contributed by atoms with Crippen LogP contribution in [0.2, 0.25) is 0 Å². The van der Waals surface area contributed by atoms with E-state index < -0.39 is 10.2 Å². The van der Waals surface area contributed by atoms with Gasteiger partial charge in [-0.3, -0.25) is 9.71 Å². The highest BCUT2D eigenvalue weighted by molar-refractivity contribution is 7.90. The Hall–Kier alpha value is -2.58. The normalized spacial score (nSPS) is 18.7. The fraction of sp³-hybridized carbons (Fsp3) is 0.409. The summed E-state index contributed by atoms with van der Waals surface area (Å²) in [5, 5.41) is 5.15. The molecule has 0 atom stereocenters. The number of nitrogens with two attached hydrogens (primary N) is 1.